The summed E-state index contributed by atoms with van der Waals surface area (Å²) < 4.78 is 7.46. The zero-order valence-electron chi connectivity index (χ0n) is 11.3. The summed E-state index contributed by atoms with van der Waals surface area (Å²) in [5.41, 5.74) is 0.611. The molecule has 0 aliphatic carbocycles. The minimum atomic E-state index is -0.164. The van der Waals surface area contributed by atoms with E-state index in [1.54, 1.807) is 25.6 Å². The molecule has 1 N–H and O–H groups in total. The lowest BCUT2D eigenvalue weighted by Crippen LogP contribution is -2.15. The van der Waals surface area contributed by atoms with E-state index in [4.69, 9.17) is 4.74 Å². The Bertz CT molecular complexity index is 686. The van der Waals surface area contributed by atoms with E-state index in [1.807, 2.05) is 6.07 Å². The molecule has 116 valence electrons. The SMILES string of the molecule is COc1c(Br)cc(Br)c(NC(=O)CSc2ncccn2)c1Br. The maximum Gasteiger partial charge on any atom is 0.234 e. The van der Waals surface area contributed by atoms with Crippen LogP contribution >= 0.6 is 59.6 Å². The van der Waals surface area contributed by atoms with Crippen LogP contribution in [0.15, 0.2) is 43.1 Å². The molecule has 0 atom stereocenters. The van der Waals surface area contributed by atoms with Crippen molar-refractivity contribution in [2.24, 2.45) is 0 Å². The molecular weight excluding hydrogens is 502 g/mol. The van der Waals surface area contributed by atoms with Crippen LogP contribution in [0.2, 0.25) is 0 Å². The number of aromatic nitrogens is 2. The van der Waals surface area contributed by atoms with Gasteiger partial charge in [-0.2, -0.15) is 0 Å². The van der Waals surface area contributed by atoms with Crippen molar-refractivity contribution < 1.29 is 9.53 Å². The molecule has 2 aromatic rings. The molecule has 22 heavy (non-hydrogen) atoms. The Morgan fingerprint density at radius 2 is 1.95 bits per heavy atom. The van der Waals surface area contributed by atoms with Gasteiger partial charge < -0.3 is 10.1 Å². The number of amides is 1. The van der Waals surface area contributed by atoms with Crippen molar-refractivity contribution >= 4 is 71.1 Å². The fourth-order valence-corrected chi connectivity index (χ4v) is 4.79. The first kappa shape index (κ1) is 17.7. The molecule has 1 amide bonds. The first-order valence-corrected chi connectivity index (χ1v) is 9.30. The molecule has 2 rings (SSSR count). The highest BCUT2D eigenvalue weighted by molar-refractivity contribution is 9.11. The zero-order chi connectivity index (χ0) is 16.1. The van der Waals surface area contributed by atoms with Gasteiger partial charge in [0.1, 0.15) is 5.75 Å². The van der Waals surface area contributed by atoms with Crippen LogP contribution in [0.25, 0.3) is 0 Å². The van der Waals surface area contributed by atoms with Gasteiger partial charge in [0.2, 0.25) is 5.91 Å². The number of carbonyl (C=O) groups is 1. The van der Waals surface area contributed by atoms with Gasteiger partial charge in [-0.25, -0.2) is 9.97 Å². The van der Waals surface area contributed by atoms with Gasteiger partial charge in [-0.05, 0) is 59.9 Å². The topological polar surface area (TPSA) is 64.1 Å². The van der Waals surface area contributed by atoms with E-state index in [0.29, 0.717) is 21.1 Å². The number of methoxy groups -OCH3 is 1. The monoisotopic (exact) mass is 509 g/mol. The van der Waals surface area contributed by atoms with Gasteiger partial charge in [0.05, 0.1) is 27.5 Å². The molecule has 0 radical (unpaired) electrons. The van der Waals surface area contributed by atoms with Crippen molar-refractivity contribution in [3.8, 4) is 5.75 Å². The van der Waals surface area contributed by atoms with Gasteiger partial charge >= 0.3 is 0 Å². The smallest absolute Gasteiger partial charge is 0.234 e. The quantitative estimate of drug-likeness (QED) is 0.473. The Hall–Kier alpha value is -0.640. The lowest BCUT2D eigenvalue weighted by molar-refractivity contribution is -0.113. The normalized spacial score (nSPS) is 10.4. The molecule has 1 heterocycles. The number of anilines is 1. The van der Waals surface area contributed by atoms with Crippen molar-refractivity contribution in [3.05, 3.63) is 37.9 Å². The molecule has 0 unspecified atom stereocenters. The predicted molar refractivity (Wildman–Crippen MR) is 97.5 cm³/mol. The standard InChI is InChI=1S/C13H10Br3N3O2S/c1-21-12-8(15)5-7(14)11(10(12)16)19-9(20)6-22-13-17-3-2-4-18-13/h2-5H,6H2,1H3,(H,19,20). The molecule has 1 aromatic carbocycles. The molecule has 0 fully saturated rings. The van der Waals surface area contributed by atoms with Gasteiger partial charge in [0, 0.05) is 16.9 Å². The summed E-state index contributed by atoms with van der Waals surface area (Å²) in [7, 11) is 1.56. The number of thioether (sulfide) groups is 1. The number of hydrogen-bond donors (Lipinski definition) is 1. The largest absolute Gasteiger partial charge is 0.494 e. The van der Waals surface area contributed by atoms with Gasteiger partial charge in [-0.1, -0.05) is 11.8 Å². The Kier molecular flexibility index (Phi) is 6.66. The van der Waals surface area contributed by atoms with E-state index < -0.39 is 0 Å². The van der Waals surface area contributed by atoms with Crippen LogP contribution in [-0.4, -0.2) is 28.7 Å². The number of ether oxygens (including phenoxy) is 1. The zero-order valence-corrected chi connectivity index (χ0v) is 16.8. The van der Waals surface area contributed by atoms with Crippen LogP contribution < -0.4 is 10.1 Å². The van der Waals surface area contributed by atoms with Crippen molar-refractivity contribution in [2.45, 2.75) is 5.16 Å². The summed E-state index contributed by atoms with van der Waals surface area (Å²) >= 11 is 11.5. The molecule has 0 saturated heterocycles. The second-order valence-electron chi connectivity index (χ2n) is 3.93. The molecule has 9 heteroatoms. The van der Waals surface area contributed by atoms with Crippen LogP contribution in [0, 0.1) is 0 Å². The molecule has 0 saturated carbocycles. The molecule has 0 bridgehead atoms. The average Bonchev–Trinajstić information content (AvgIpc) is 2.51. The number of rotatable bonds is 5. The molecule has 1 aromatic heterocycles. The second kappa shape index (κ2) is 8.28. The highest BCUT2D eigenvalue weighted by Gasteiger charge is 2.17. The Labute approximate surface area is 157 Å². The number of nitrogens with zero attached hydrogens (tertiary/aromatic N) is 2. The molecule has 5 nitrogen and oxygen atoms in total. The van der Waals surface area contributed by atoms with Crippen molar-refractivity contribution in [1.82, 2.24) is 9.97 Å². The number of hydrogen-bond acceptors (Lipinski definition) is 5. The van der Waals surface area contributed by atoms with Gasteiger partial charge in [-0.15, -0.1) is 0 Å². The van der Waals surface area contributed by atoms with Crippen molar-refractivity contribution in [3.63, 3.8) is 0 Å². The lowest BCUT2D eigenvalue weighted by atomic mass is 10.3. The van der Waals surface area contributed by atoms with E-state index in [2.05, 4.69) is 63.1 Å². The first-order chi connectivity index (χ1) is 10.5. The summed E-state index contributed by atoms with van der Waals surface area (Å²) in [5.74, 6) is 0.655. The minimum absolute atomic E-state index is 0.164. The maximum absolute atomic E-state index is 12.1. The van der Waals surface area contributed by atoms with E-state index in [9.17, 15) is 4.79 Å². The average molecular weight is 512 g/mol. The van der Waals surface area contributed by atoms with E-state index in [0.717, 1.165) is 8.95 Å². The second-order valence-corrected chi connectivity index (χ2v) is 7.37. The van der Waals surface area contributed by atoms with Crippen LogP contribution in [-0.2, 0) is 4.79 Å². The molecule has 0 aliphatic rings. The van der Waals surface area contributed by atoms with Crippen LogP contribution in [0.4, 0.5) is 5.69 Å². The summed E-state index contributed by atoms with van der Waals surface area (Å²) in [6.45, 7) is 0. The summed E-state index contributed by atoms with van der Waals surface area (Å²) in [5, 5.41) is 3.40. The predicted octanol–water partition coefficient (Wildman–Crippen LogP) is 4.50. The number of halogens is 3. The highest BCUT2D eigenvalue weighted by atomic mass is 79.9. The fraction of sp³-hybridized carbons (Fsp3) is 0.154. The van der Waals surface area contributed by atoms with E-state index in [1.165, 1.54) is 11.8 Å². The third-order valence-electron chi connectivity index (χ3n) is 2.47. The number of benzene rings is 1. The Morgan fingerprint density at radius 3 is 2.59 bits per heavy atom. The number of nitrogens with one attached hydrogen (secondary N) is 1. The number of carbonyl (C=O) groups excluding carboxylic acids is 1. The summed E-state index contributed by atoms with van der Waals surface area (Å²) in [6, 6.07) is 3.54. The summed E-state index contributed by atoms with van der Waals surface area (Å²) in [6.07, 6.45) is 3.28. The molecule has 0 spiro atoms. The molecule has 0 aliphatic heterocycles. The summed E-state index contributed by atoms with van der Waals surface area (Å²) in [4.78, 5) is 20.2. The first-order valence-electron chi connectivity index (χ1n) is 5.94. The van der Waals surface area contributed by atoms with Crippen LogP contribution in [0.1, 0.15) is 0 Å². The Balaban J connectivity index is 2.08. The lowest BCUT2D eigenvalue weighted by Gasteiger charge is -2.14. The third-order valence-corrected chi connectivity index (χ3v) is 5.32. The third kappa shape index (κ3) is 4.43. The van der Waals surface area contributed by atoms with E-state index >= 15 is 0 Å². The van der Waals surface area contributed by atoms with Crippen LogP contribution in [0.5, 0.6) is 5.75 Å². The van der Waals surface area contributed by atoms with Crippen LogP contribution in [0.3, 0.4) is 0 Å². The maximum atomic E-state index is 12.1. The Morgan fingerprint density at radius 1 is 1.27 bits per heavy atom. The van der Waals surface area contributed by atoms with E-state index in [-0.39, 0.29) is 11.7 Å². The van der Waals surface area contributed by atoms with Gasteiger partial charge in [0.15, 0.2) is 5.16 Å². The molecular formula is C13H10Br3N3O2S. The van der Waals surface area contributed by atoms with Crippen molar-refractivity contribution in [1.29, 1.82) is 0 Å². The van der Waals surface area contributed by atoms with Gasteiger partial charge in [-0.3, -0.25) is 4.79 Å². The van der Waals surface area contributed by atoms with Crippen molar-refractivity contribution in [2.75, 3.05) is 18.2 Å². The highest BCUT2D eigenvalue weighted by Crippen LogP contribution is 2.43. The minimum Gasteiger partial charge on any atom is -0.494 e. The fourth-order valence-electron chi connectivity index (χ4n) is 1.54. The van der Waals surface area contributed by atoms with Gasteiger partial charge in [0.25, 0.3) is 0 Å².